The zero-order valence-electron chi connectivity index (χ0n) is 10.2. The fourth-order valence-electron chi connectivity index (χ4n) is 2.32. The standard InChI is InChI=1S/C11H17ClF2N2O2/c1-2-8(10(15)18)16-4-3-7(5-9(16)17)6-11(12,13)14/h7-8H,2-6H2,1H3,(H2,15,18). The smallest absolute Gasteiger partial charge is 0.321 e. The number of carbonyl (C=O) groups is 2. The third-order valence-corrected chi connectivity index (χ3v) is 3.33. The molecule has 1 fully saturated rings. The number of hydrogen-bond acceptors (Lipinski definition) is 2. The van der Waals surface area contributed by atoms with Crippen molar-refractivity contribution < 1.29 is 18.4 Å². The van der Waals surface area contributed by atoms with Gasteiger partial charge in [-0.2, -0.15) is 8.78 Å². The van der Waals surface area contributed by atoms with Crippen LogP contribution in [-0.4, -0.2) is 34.7 Å². The molecule has 4 nitrogen and oxygen atoms in total. The monoisotopic (exact) mass is 282 g/mol. The number of nitrogens with two attached hydrogens (primary N) is 1. The second-order valence-electron chi connectivity index (χ2n) is 4.59. The molecular formula is C11H17ClF2N2O2. The van der Waals surface area contributed by atoms with E-state index < -0.39 is 29.7 Å². The van der Waals surface area contributed by atoms with Crippen LogP contribution in [0.2, 0.25) is 0 Å². The van der Waals surface area contributed by atoms with E-state index in [1.807, 2.05) is 0 Å². The summed E-state index contributed by atoms with van der Waals surface area (Å²) >= 11 is 4.86. The van der Waals surface area contributed by atoms with Crippen LogP contribution < -0.4 is 5.73 Å². The summed E-state index contributed by atoms with van der Waals surface area (Å²) in [6, 6.07) is -0.644. The molecule has 104 valence electrons. The molecule has 1 aliphatic heterocycles. The second-order valence-corrected chi connectivity index (χ2v) is 5.14. The van der Waals surface area contributed by atoms with Crippen LogP contribution in [0, 0.1) is 5.92 Å². The normalized spacial score (nSPS) is 23.0. The van der Waals surface area contributed by atoms with E-state index in [1.54, 1.807) is 6.92 Å². The van der Waals surface area contributed by atoms with E-state index in [2.05, 4.69) is 0 Å². The minimum absolute atomic E-state index is 0.00785. The molecule has 18 heavy (non-hydrogen) atoms. The first-order chi connectivity index (χ1) is 8.24. The van der Waals surface area contributed by atoms with Gasteiger partial charge < -0.3 is 10.6 Å². The molecule has 0 aromatic rings. The summed E-state index contributed by atoms with van der Waals surface area (Å²) in [6.45, 7) is 2.03. The van der Waals surface area contributed by atoms with Crippen molar-refractivity contribution in [1.82, 2.24) is 4.90 Å². The van der Waals surface area contributed by atoms with Crippen LogP contribution in [0.5, 0.6) is 0 Å². The summed E-state index contributed by atoms with van der Waals surface area (Å²) < 4.78 is 25.3. The van der Waals surface area contributed by atoms with E-state index in [-0.39, 0.29) is 18.9 Å². The molecule has 0 spiro atoms. The SMILES string of the molecule is CCC(C(N)=O)N1CCC(CC(F)(F)Cl)CC1=O. The Balaban J connectivity index is 2.61. The Bertz CT molecular complexity index is 333. The first-order valence-electron chi connectivity index (χ1n) is 5.90. The van der Waals surface area contributed by atoms with Crippen LogP contribution >= 0.6 is 11.6 Å². The van der Waals surface area contributed by atoms with Gasteiger partial charge in [0.15, 0.2) is 0 Å². The highest BCUT2D eigenvalue weighted by molar-refractivity contribution is 6.21. The van der Waals surface area contributed by atoms with Crippen molar-refractivity contribution in [1.29, 1.82) is 0 Å². The van der Waals surface area contributed by atoms with Gasteiger partial charge in [0.25, 0.3) is 0 Å². The first-order valence-corrected chi connectivity index (χ1v) is 6.28. The van der Waals surface area contributed by atoms with Crippen LogP contribution in [0.4, 0.5) is 8.78 Å². The number of nitrogens with zero attached hydrogens (tertiary/aromatic N) is 1. The maximum atomic E-state index is 12.7. The summed E-state index contributed by atoms with van der Waals surface area (Å²) in [4.78, 5) is 24.4. The van der Waals surface area contributed by atoms with Gasteiger partial charge >= 0.3 is 5.38 Å². The highest BCUT2D eigenvalue weighted by atomic mass is 35.5. The minimum Gasteiger partial charge on any atom is -0.368 e. The Labute approximate surface area is 109 Å². The predicted molar refractivity (Wildman–Crippen MR) is 63.1 cm³/mol. The zero-order valence-corrected chi connectivity index (χ0v) is 10.9. The van der Waals surface area contributed by atoms with E-state index in [0.29, 0.717) is 12.8 Å². The van der Waals surface area contributed by atoms with E-state index in [9.17, 15) is 18.4 Å². The van der Waals surface area contributed by atoms with Gasteiger partial charge in [-0.3, -0.25) is 9.59 Å². The molecule has 1 aliphatic rings. The lowest BCUT2D eigenvalue weighted by Gasteiger charge is -2.36. The summed E-state index contributed by atoms with van der Waals surface area (Å²) in [6.07, 6.45) is 0.322. The number of rotatable bonds is 5. The molecule has 0 aromatic heterocycles. The molecule has 7 heteroatoms. The van der Waals surface area contributed by atoms with E-state index in [4.69, 9.17) is 17.3 Å². The molecule has 2 atom stereocenters. The number of hydrogen-bond donors (Lipinski definition) is 1. The largest absolute Gasteiger partial charge is 0.368 e. The van der Waals surface area contributed by atoms with Gasteiger partial charge in [0, 0.05) is 19.4 Å². The van der Waals surface area contributed by atoms with Gasteiger partial charge in [0.2, 0.25) is 11.8 Å². The average Bonchev–Trinajstić information content (AvgIpc) is 2.19. The molecule has 0 saturated carbocycles. The lowest BCUT2D eigenvalue weighted by atomic mass is 9.92. The van der Waals surface area contributed by atoms with Crippen LogP contribution in [0.25, 0.3) is 0 Å². The molecule has 0 radical (unpaired) electrons. The molecule has 2 amide bonds. The van der Waals surface area contributed by atoms with Crippen LogP contribution in [0.3, 0.4) is 0 Å². The van der Waals surface area contributed by atoms with Crippen LogP contribution in [-0.2, 0) is 9.59 Å². The van der Waals surface area contributed by atoms with E-state index in [0.717, 1.165) is 0 Å². The van der Waals surface area contributed by atoms with Crippen LogP contribution in [0.1, 0.15) is 32.6 Å². The molecular weight excluding hydrogens is 266 g/mol. The lowest BCUT2D eigenvalue weighted by Crippen LogP contribution is -2.51. The third-order valence-electron chi connectivity index (χ3n) is 3.17. The van der Waals surface area contributed by atoms with Crippen molar-refractivity contribution in [3.05, 3.63) is 0 Å². The number of piperidine rings is 1. The topological polar surface area (TPSA) is 63.4 Å². The van der Waals surface area contributed by atoms with Crippen molar-refractivity contribution in [3.63, 3.8) is 0 Å². The van der Waals surface area contributed by atoms with Crippen molar-refractivity contribution in [2.45, 2.75) is 44.0 Å². The van der Waals surface area contributed by atoms with E-state index >= 15 is 0 Å². The van der Waals surface area contributed by atoms with Gasteiger partial charge in [0.05, 0.1) is 0 Å². The number of primary amides is 1. The van der Waals surface area contributed by atoms with Crippen molar-refractivity contribution in [2.24, 2.45) is 11.7 Å². The predicted octanol–water partition coefficient (Wildman–Crippen LogP) is 1.71. The third kappa shape index (κ3) is 4.08. The maximum Gasteiger partial charge on any atom is 0.321 e. The quantitative estimate of drug-likeness (QED) is 0.780. The average molecular weight is 283 g/mol. The summed E-state index contributed by atoms with van der Waals surface area (Å²) in [5.41, 5.74) is 5.20. The highest BCUT2D eigenvalue weighted by Gasteiger charge is 2.37. The van der Waals surface area contributed by atoms with Crippen molar-refractivity contribution in [3.8, 4) is 0 Å². The summed E-state index contributed by atoms with van der Waals surface area (Å²) in [5.74, 6) is -1.31. The van der Waals surface area contributed by atoms with E-state index in [1.165, 1.54) is 4.90 Å². The Morgan fingerprint density at radius 2 is 2.28 bits per heavy atom. The molecule has 1 heterocycles. The van der Waals surface area contributed by atoms with Gasteiger partial charge in [-0.25, -0.2) is 0 Å². The highest BCUT2D eigenvalue weighted by Crippen LogP contribution is 2.33. The number of alkyl halides is 3. The Morgan fingerprint density at radius 1 is 1.67 bits per heavy atom. The van der Waals surface area contributed by atoms with Gasteiger partial charge in [-0.15, -0.1) is 0 Å². The molecule has 0 aliphatic carbocycles. The van der Waals surface area contributed by atoms with Gasteiger partial charge in [-0.05, 0) is 30.4 Å². The maximum absolute atomic E-state index is 12.7. The molecule has 1 rings (SSSR count). The number of likely N-dealkylation sites (tertiary alicyclic amines) is 1. The van der Waals surface area contributed by atoms with Gasteiger partial charge in [0.1, 0.15) is 6.04 Å². The molecule has 2 N–H and O–H groups in total. The van der Waals surface area contributed by atoms with Crippen molar-refractivity contribution in [2.75, 3.05) is 6.54 Å². The number of halogens is 3. The second kappa shape index (κ2) is 5.82. The van der Waals surface area contributed by atoms with Crippen LogP contribution in [0.15, 0.2) is 0 Å². The fraction of sp³-hybridized carbons (Fsp3) is 0.818. The fourth-order valence-corrected chi connectivity index (χ4v) is 2.54. The Morgan fingerprint density at radius 3 is 2.67 bits per heavy atom. The van der Waals surface area contributed by atoms with Crippen molar-refractivity contribution >= 4 is 23.4 Å². The first kappa shape index (κ1) is 15.1. The minimum atomic E-state index is -3.28. The molecule has 0 aromatic carbocycles. The molecule has 2 unspecified atom stereocenters. The Hall–Kier alpha value is -0.910. The summed E-state index contributed by atoms with van der Waals surface area (Å²) in [5, 5.41) is -3.28. The Kier molecular flexibility index (Phi) is 4.90. The van der Waals surface area contributed by atoms with Gasteiger partial charge in [-0.1, -0.05) is 6.92 Å². The molecule has 1 saturated heterocycles. The lowest BCUT2D eigenvalue weighted by molar-refractivity contribution is -0.143. The molecule has 0 bridgehead atoms. The number of amides is 2. The number of carbonyl (C=O) groups excluding carboxylic acids is 2. The summed E-state index contributed by atoms with van der Waals surface area (Å²) in [7, 11) is 0. The zero-order chi connectivity index (χ0) is 13.9.